The van der Waals surface area contributed by atoms with Crippen molar-refractivity contribution in [2.45, 2.75) is 18.7 Å². The van der Waals surface area contributed by atoms with Crippen LogP contribution in [0.2, 0.25) is 0 Å². The van der Waals surface area contributed by atoms with Gasteiger partial charge in [0.25, 0.3) is 5.91 Å². The van der Waals surface area contributed by atoms with Crippen LogP contribution >= 0.6 is 11.3 Å². The second kappa shape index (κ2) is 7.43. The first-order valence-electron chi connectivity index (χ1n) is 6.96. The molecular formula is C15H15N5O3S2. The van der Waals surface area contributed by atoms with Crippen LogP contribution in [0, 0.1) is 25.2 Å². The third-order valence-corrected chi connectivity index (χ3v) is 5.11. The van der Waals surface area contributed by atoms with Gasteiger partial charge in [0, 0.05) is 16.8 Å². The zero-order valence-electron chi connectivity index (χ0n) is 13.4. The second-order valence-corrected chi connectivity index (χ2v) is 7.76. The van der Waals surface area contributed by atoms with Gasteiger partial charge in [-0.25, -0.2) is 18.5 Å². The van der Waals surface area contributed by atoms with Gasteiger partial charge in [0.2, 0.25) is 10.0 Å². The average Bonchev–Trinajstić information content (AvgIpc) is 2.86. The fraction of sp³-hybridized carbons (Fsp3) is 0.133. The quantitative estimate of drug-likeness (QED) is 0.537. The summed E-state index contributed by atoms with van der Waals surface area (Å²) >= 11 is 1.41. The van der Waals surface area contributed by atoms with Crippen LogP contribution in [0.1, 0.15) is 10.6 Å². The van der Waals surface area contributed by atoms with Crippen molar-refractivity contribution in [2.24, 2.45) is 5.14 Å². The number of aromatic nitrogens is 1. The number of sulfonamides is 1. The summed E-state index contributed by atoms with van der Waals surface area (Å²) < 4.78 is 22.4. The number of hydrogen-bond donors (Lipinski definition) is 3. The molecule has 130 valence electrons. The number of nitrogens with two attached hydrogens (primary N) is 1. The van der Waals surface area contributed by atoms with E-state index in [9.17, 15) is 13.2 Å². The monoisotopic (exact) mass is 377 g/mol. The summed E-state index contributed by atoms with van der Waals surface area (Å²) in [5, 5.41) is 20.0. The molecule has 1 aromatic carbocycles. The standard InChI is InChI=1S/C15H15N5O3S2/c1-9-10(2)24-15(19-9)18-8-11(7-16)14(21)20-12-3-5-13(6-4-12)25(17,22)23/h3-6,8H,1-2H3,(H,18,19)(H,20,21)(H2,17,22,23)/b11-8-. The molecule has 2 aromatic rings. The molecule has 25 heavy (non-hydrogen) atoms. The number of carbonyl (C=O) groups is 1. The van der Waals surface area contributed by atoms with Gasteiger partial charge in [0.1, 0.15) is 11.6 Å². The van der Waals surface area contributed by atoms with Crippen LogP contribution < -0.4 is 15.8 Å². The van der Waals surface area contributed by atoms with Crippen molar-refractivity contribution in [2.75, 3.05) is 10.6 Å². The van der Waals surface area contributed by atoms with Gasteiger partial charge in [-0.05, 0) is 38.1 Å². The molecule has 0 aliphatic heterocycles. The Bertz CT molecular complexity index is 950. The van der Waals surface area contributed by atoms with E-state index in [2.05, 4.69) is 15.6 Å². The van der Waals surface area contributed by atoms with Crippen molar-refractivity contribution in [3.63, 3.8) is 0 Å². The minimum atomic E-state index is -3.80. The molecule has 1 aromatic heterocycles. The van der Waals surface area contributed by atoms with E-state index in [0.717, 1.165) is 10.6 Å². The van der Waals surface area contributed by atoms with E-state index in [4.69, 9.17) is 10.4 Å². The molecule has 4 N–H and O–H groups in total. The molecule has 0 unspecified atom stereocenters. The molecule has 0 atom stereocenters. The largest absolute Gasteiger partial charge is 0.337 e. The molecule has 0 saturated heterocycles. The third-order valence-electron chi connectivity index (χ3n) is 3.17. The molecule has 0 aliphatic rings. The minimum absolute atomic E-state index is 0.0716. The minimum Gasteiger partial charge on any atom is -0.337 e. The van der Waals surface area contributed by atoms with Crippen molar-refractivity contribution in [1.29, 1.82) is 5.26 Å². The highest BCUT2D eigenvalue weighted by molar-refractivity contribution is 7.89. The highest BCUT2D eigenvalue weighted by Gasteiger charge is 2.12. The molecular weight excluding hydrogens is 362 g/mol. The third kappa shape index (κ3) is 4.87. The van der Waals surface area contributed by atoms with Crippen molar-refractivity contribution in [3.05, 3.63) is 46.6 Å². The van der Waals surface area contributed by atoms with E-state index in [1.165, 1.54) is 41.8 Å². The predicted octanol–water partition coefficient (Wildman–Crippen LogP) is 1.87. The Morgan fingerprint density at radius 2 is 1.96 bits per heavy atom. The zero-order valence-corrected chi connectivity index (χ0v) is 15.0. The van der Waals surface area contributed by atoms with Gasteiger partial charge in [-0.1, -0.05) is 0 Å². The van der Waals surface area contributed by atoms with E-state index >= 15 is 0 Å². The summed E-state index contributed by atoms with van der Waals surface area (Å²) in [5.74, 6) is -0.636. The van der Waals surface area contributed by atoms with Gasteiger partial charge in [0.05, 0.1) is 10.6 Å². The van der Waals surface area contributed by atoms with Gasteiger partial charge in [-0.3, -0.25) is 4.79 Å². The smallest absolute Gasteiger partial charge is 0.267 e. The van der Waals surface area contributed by atoms with E-state index < -0.39 is 15.9 Å². The maximum absolute atomic E-state index is 12.1. The number of primary sulfonamides is 1. The molecule has 2 rings (SSSR count). The SMILES string of the molecule is Cc1nc(N/C=C(/C#N)C(=O)Nc2ccc(S(N)(=O)=O)cc2)sc1C. The number of anilines is 2. The molecule has 1 amide bonds. The number of benzene rings is 1. The molecule has 8 nitrogen and oxygen atoms in total. The molecule has 0 bridgehead atoms. The number of thiazole rings is 1. The Balaban J connectivity index is 2.09. The number of nitriles is 1. The summed E-state index contributed by atoms with van der Waals surface area (Å²) in [5.41, 5.74) is 1.05. The van der Waals surface area contributed by atoms with Crippen LogP contribution in [0.4, 0.5) is 10.8 Å². The van der Waals surface area contributed by atoms with Crippen LogP contribution in [0.3, 0.4) is 0 Å². The van der Waals surface area contributed by atoms with Gasteiger partial charge in [-0.15, -0.1) is 11.3 Å². The van der Waals surface area contributed by atoms with Crippen molar-refractivity contribution >= 4 is 38.1 Å². The fourth-order valence-corrected chi connectivity index (χ4v) is 3.04. The van der Waals surface area contributed by atoms with Crippen molar-refractivity contribution in [1.82, 2.24) is 4.98 Å². The van der Waals surface area contributed by atoms with Crippen LogP contribution in [0.5, 0.6) is 0 Å². The molecule has 0 fully saturated rings. The Morgan fingerprint density at radius 3 is 2.44 bits per heavy atom. The zero-order chi connectivity index (χ0) is 18.6. The molecule has 1 heterocycles. The first-order chi connectivity index (χ1) is 11.7. The van der Waals surface area contributed by atoms with Crippen LogP contribution in [0.15, 0.2) is 40.9 Å². The lowest BCUT2D eigenvalue weighted by Crippen LogP contribution is -2.15. The van der Waals surface area contributed by atoms with Crippen molar-refractivity contribution in [3.8, 4) is 6.07 Å². The maximum atomic E-state index is 12.1. The van der Waals surface area contributed by atoms with Gasteiger partial charge in [-0.2, -0.15) is 5.26 Å². The van der Waals surface area contributed by atoms with Crippen molar-refractivity contribution < 1.29 is 13.2 Å². The summed E-state index contributed by atoms with van der Waals surface area (Å²) in [7, 11) is -3.80. The fourth-order valence-electron chi connectivity index (χ4n) is 1.74. The van der Waals surface area contributed by atoms with Gasteiger partial charge < -0.3 is 10.6 Å². The normalized spacial score (nSPS) is 11.7. The first kappa shape index (κ1) is 18.6. The number of nitrogens with one attached hydrogen (secondary N) is 2. The van der Waals surface area contributed by atoms with Crippen LogP contribution in [0.25, 0.3) is 0 Å². The lowest BCUT2D eigenvalue weighted by atomic mass is 10.2. The Kier molecular flexibility index (Phi) is 5.53. The highest BCUT2D eigenvalue weighted by atomic mass is 32.2. The average molecular weight is 377 g/mol. The number of aryl methyl sites for hydroxylation is 2. The van der Waals surface area contributed by atoms with E-state index in [1.807, 2.05) is 13.8 Å². The Hall–Kier alpha value is -2.74. The summed E-state index contributed by atoms with van der Waals surface area (Å²) in [6.07, 6.45) is 1.27. The number of nitrogens with zero attached hydrogens (tertiary/aromatic N) is 2. The molecule has 0 spiro atoms. The van der Waals surface area contributed by atoms with E-state index in [-0.39, 0.29) is 10.5 Å². The Morgan fingerprint density at radius 1 is 1.32 bits per heavy atom. The lowest BCUT2D eigenvalue weighted by molar-refractivity contribution is -0.112. The number of rotatable bonds is 5. The molecule has 10 heteroatoms. The van der Waals surface area contributed by atoms with Gasteiger partial charge in [0.15, 0.2) is 5.13 Å². The summed E-state index contributed by atoms with van der Waals surface area (Å²) in [6, 6.07) is 7.09. The lowest BCUT2D eigenvalue weighted by Gasteiger charge is -2.05. The van der Waals surface area contributed by atoms with Crippen LogP contribution in [-0.4, -0.2) is 19.3 Å². The molecule has 0 radical (unpaired) electrons. The molecule has 0 saturated carbocycles. The number of carbonyl (C=O) groups excluding carboxylic acids is 1. The highest BCUT2D eigenvalue weighted by Crippen LogP contribution is 2.21. The first-order valence-corrected chi connectivity index (χ1v) is 9.32. The number of amides is 1. The Labute approximate surface area is 149 Å². The van der Waals surface area contributed by atoms with E-state index in [1.54, 1.807) is 6.07 Å². The maximum Gasteiger partial charge on any atom is 0.267 e. The van der Waals surface area contributed by atoms with Gasteiger partial charge >= 0.3 is 0 Å². The molecule has 0 aliphatic carbocycles. The summed E-state index contributed by atoms with van der Waals surface area (Å²) in [6.45, 7) is 3.79. The summed E-state index contributed by atoms with van der Waals surface area (Å²) in [4.78, 5) is 17.3. The van der Waals surface area contributed by atoms with Crippen LogP contribution in [-0.2, 0) is 14.8 Å². The number of hydrogen-bond acceptors (Lipinski definition) is 7. The predicted molar refractivity (Wildman–Crippen MR) is 95.4 cm³/mol. The topological polar surface area (TPSA) is 138 Å². The second-order valence-electron chi connectivity index (χ2n) is 5.00. The van der Waals surface area contributed by atoms with E-state index in [0.29, 0.717) is 10.8 Å².